The molecule has 0 amide bonds. The SMILES string of the molecule is N#C[C@H](F)c1ccc(CC(=O)O)cc1. The van der Waals surface area contributed by atoms with Crippen LogP contribution >= 0.6 is 0 Å². The summed E-state index contributed by atoms with van der Waals surface area (Å²) in [6.45, 7) is 0. The summed E-state index contributed by atoms with van der Waals surface area (Å²) in [4.78, 5) is 10.3. The lowest BCUT2D eigenvalue weighted by molar-refractivity contribution is -0.136. The van der Waals surface area contributed by atoms with E-state index in [4.69, 9.17) is 10.4 Å². The number of aliphatic carboxylic acids is 1. The fourth-order valence-corrected chi connectivity index (χ4v) is 1.05. The van der Waals surface area contributed by atoms with E-state index in [2.05, 4.69) is 0 Å². The van der Waals surface area contributed by atoms with Gasteiger partial charge in [-0.05, 0) is 5.56 Å². The van der Waals surface area contributed by atoms with E-state index in [0.717, 1.165) is 0 Å². The van der Waals surface area contributed by atoms with Crippen molar-refractivity contribution >= 4 is 5.97 Å². The Morgan fingerprint density at radius 3 is 2.50 bits per heavy atom. The summed E-state index contributed by atoms with van der Waals surface area (Å²) in [5.74, 6) is -0.935. The van der Waals surface area contributed by atoms with Crippen molar-refractivity contribution < 1.29 is 14.3 Å². The molecule has 1 rings (SSSR count). The van der Waals surface area contributed by atoms with Crippen LogP contribution in [0, 0.1) is 11.3 Å². The van der Waals surface area contributed by atoms with E-state index in [-0.39, 0.29) is 12.0 Å². The zero-order valence-electron chi connectivity index (χ0n) is 7.27. The third-order valence-electron chi connectivity index (χ3n) is 1.74. The minimum atomic E-state index is -1.64. The molecule has 1 N–H and O–H groups in total. The first-order chi connectivity index (χ1) is 6.63. The third-order valence-corrected chi connectivity index (χ3v) is 1.74. The first-order valence-corrected chi connectivity index (χ1v) is 3.98. The highest BCUT2D eigenvalue weighted by Gasteiger charge is 2.07. The average molecular weight is 193 g/mol. The number of carboxylic acid groups (broad SMARTS) is 1. The molecule has 0 fully saturated rings. The Labute approximate surface area is 80.4 Å². The van der Waals surface area contributed by atoms with Gasteiger partial charge < -0.3 is 5.11 Å². The molecule has 72 valence electrons. The molecule has 0 aliphatic heterocycles. The van der Waals surface area contributed by atoms with Crippen LogP contribution < -0.4 is 0 Å². The van der Waals surface area contributed by atoms with Gasteiger partial charge >= 0.3 is 5.97 Å². The highest BCUT2D eigenvalue weighted by atomic mass is 19.1. The molecule has 14 heavy (non-hydrogen) atoms. The fraction of sp³-hybridized carbons (Fsp3) is 0.200. The van der Waals surface area contributed by atoms with Crippen LogP contribution in [0.25, 0.3) is 0 Å². The Morgan fingerprint density at radius 1 is 1.50 bits per heavy atom. The van der Waals surface area contributed by atoms with Crippen LogP contribution in [-0.4, -0.2) is 11.1 Å². The third kappa shape index (κ3) is 2.56. The van der Waals surface area contributed by atoms with Gasteiger partial charge in [0, 0.05) is 5.56 Å². The van der Waals surface area contributed by atoms with Crippen molar-refractivity contribution in [2.45, 2.75) is 12.6 Å². The van der Waals surface area contributed by atoms with Crippen LogP contribution in [0.15, 0.2) is 24.3 Å². The lowest BCUT2D eigenvalue weighted by Crippen LogP contribution is -2.00. The number of nitrogens with zero attached hydrogens (tertiary/aromatic N) is 1. The predicted octanol–water partition coefficient (Wildman–Crippen LogP) is 1.85. The van der Waals surface area contributed by atoms with Crippen LogP contribution in [0.5, 0.6) is 0 Å². The molecule has 0 saturated carbocycles. The number of hydrogen-bond acceptors (Lipinski definition) is 2. The number of hydrogen-bond donors (Lipinski definition) is 1. The highest BCUT2D eigenvalue weighted by Crippen LogP contribution is 2.16. The van der Waals surface area contributed by atoms with Crippen molar-refractivity contribution in [3.05, 3.63) is 35.4 Å². The van der Waals surface area contributed by atoms with Crippen molar-refractivity contribution in [2.75, 3.05) is 0 Å². The number of benzene rings is 1. The summed E-state index contributed by atoms with van der Waals surface area (Å²) in [5, 5.41) is 16.7. The normalized spacial score (nSPS) is 11.7. The van der Waals surface area contributed by atoms with Gasteiger partial charge in [-0.15, -0.1) is 0 Å². The second kappa shape index (κ2) is 4.38. The minimum absolute atomic E-state index is 0.0935. The van der Waals surface area contributed by atoms with Gasteiger partial charge in [0.2, 0.25) is 6.17 Å². The molecule has 0 heterocycles. The van der Waals surface area contributed by atoms with Crippen molar-refractivity contribution in [2.24, 2.45) is 0 Å². The molecule has 0 aliphatic carbocycles. The molecule has 1 aromatic carbocycles. The molecule has 0 radical (unpaired) electrons. The Hall–Kier alpha value is -1.89. The summed E-state index contributed by atoms with van der Waals surface area (Å²) in [5.41, 5.74) is 0.841. The molecule has 3 nitrogen and oxygen atoms in total. The largest absolute Gasteiger partial charge is 0.481 e. The van der Waals surface area contributed by atoms with E-state index >= 15 is 0 Å². The number of alkyl halides is 1. The van der Waals surface area contributed by atoms with Gasteiger partial charge in [-0.3, -0.25) is 4.79 Å². The molecular weight excluding hydrogens is 185 g/mol. The number of carbonyl (C=O) groups is 1. The van der Waals surface area contributed by atoms with Crippen molar-refractivity contribution in [1.29, 1.82) is 5.26 Å². The molecule has 0 unspecified atom stereocenters. The predicted molar refractivity (Wildman–Crippen MR) is 47.2 cm³/mol. The zero-order valence-corrected chi connectivity index (χ0v) is 7.27. The van der Waals surface area contributed by atoms with Gasteiger partial charge in [0.25, 0.3) is 0 Å². The van der Waals surface area contributed by atoms with Gasteiger partial charge in [-0.1, -0.05) is 24.3 Å². The number of rotatable bonds is 3. The Morgan fingerprint density at radius 2 is 2.07 bits per heavy atom. The lowest BCUT2D eigenvalue weighted by Gasteiger charge is -2.01. The Bertz CT molecular complexity index is 367. The average Bonchev–Trinajstić information content (AvgIpc) is 2.17. The first kappa shape index (κ1) is 10.2. The summed E-state index contributed by atoms with van der Waals surface area (Å²) in [6.07, 6.45) is -1.74. The van der Waals surface area contributed by atoms with Crippen molar-refractivity contribution in [1.82, 2.24) is 0 Å². The van der Waals surface area contributed by atoms with Crippen molar-refractivity contribution in [3.8, 4) is 6.07 Å². The molecule has 4 heteroatoms. The summed E-state index contributed by atoms with van der Waals surface area (Å²) in [7, 11) is 0. The van der Waals surface area contributed by atoms with E-state index in [1.54, 1.807) is 0 Å². The van der Waals surface area contributed by atoms with E-state index < -0.39 is 12.1 Å². The second-order valence-corrected chi connectivity index (χ2v) is 2.80. The monoisotopic (exact) mass is 193 g/mol. The van der Waals surface area contributed by atoms with Crippen LogP contribution in [-0.2, 0) is 11.2 Å². The van der Waals surface area contributed by atoms with Crippen LogP contribution in [0.2, 0.25) is 0 Å². The van der Waals surface area contributed by atoms with Gasteiger partial charge in [0.05, 0.1) is 6.42 Å². The second-order valence-electron chi connectivity index (χ2n) is 2.80. The van der Waals surface area contributed by atoms with Crippen LogP contribution in [0.4, 0.5) is 4.39 Å². The smallest absolute Gasteiger partial charge is 0.307 e. The molecule has 0 aliphatic rings. The molecule has 0 aromatic heterocycles. The first-order valence-electron chi connectivity index (χ1n) is 3.98. The summed E-state index contributed by atoms with van der Waals surface area (Å²) in [6, 6.07) is 7.32. The topological polar surface area (TPSA) is 61.1 Å². The summed E-state index contributed by atoms with van der Waals surface area (Å²) < 4.78 is 12.8. The Balaban J connectivity index is 2.79. The van der Waals surface area contributed by atoms with E-state index in [0.29, 0.717) is 5.56 Å². The standard InChI is InChI=1S/C10H8FNO2/c11-9(6-12)8-3-1-7(2-4-8)5-10(13)14/h1-4,9H,5H2,(H,13,14)/t9-/m0/s1. The number of carboxylic acids is 1. The quantitative estimate of drug-likeness (QED) is 0.796. The van der Waals surface area contributed by atoms with Gasteiger partial charge in [-0.2, -0.15) is 5.26 Å². The van der Waals surface area contributed by atoms with Crippen molar-refractivity contribution in [3.63, 3.8) is 0 Å². The maximum absolute atomic E-state index is 12.8. The van der Waals surface area contributed by atoms with Gasteiger partial charge in [0.1, 0.15) is 6.07 Å². The lowest BCUT2D eigenvalue weighted by atomic mass is 10.1. The number of nitriles is 1. The molecule has 0 saturated heterocycles. The van der Waals surface area contributed by atoms with Crippen LogP contribution in [0.1, 0.15) is 17.3 Å². The van der Waals surface area contributed by atoms with E-state index in [1.807, 2.05) is 0 Å². The summed E-state index contributed by atoms with van der Waals surface area (Å²) >= 11 is 0. The van der Waals surface area contributed by atoms with E-state index in [9.17, 15) is 9.18 Å². The molecule has 1 atom stereocenters. The fourth-order valence-electron chi connectivity index (χ4n) is 1.05. The van der Waals surface area contributed by atoms with Gasteiger partial charge in [0.15, 0.2) is 0 Å². The molecule has 0 spiro atoms. The minimum Gasteiger partial charge on any atom is -0.481 e. The number of halogens is 1. The van der Waals surface area contributed by atoms with Crippen LogP contribution in [0.3, 0.4) is 0 Å². The molecule has 1 aromatic rings. The molecule has 0 bridgehead atoms. The maximum Gasteiger partial charge on any atom is 0.307 e. The molecular formula is C10H8FNO2. The highest BCUT2D eigenvalue weighted by molar-refractivity contribution is 5.70. The van der Waals surface area contributed by atoms with E-state index in [1.165, 1.54) is 30.3 Å². The Kier molecular flexibility index (Phi) is 3.19. The zero-order chi connectivity index (χ0) is 10.6. The van der Waals surface area contributed by atoms with Gasteiger partial charge in [-0.25, -0.2) is 4.39 Å². The maximum atomic E-state index is 12.8.